The van der Waals surface area contributed by atoms with Gasteiger partial charge in [0, 0.05) is 6.04 Å². The molecule has 0 amide bonds. The zero-order valence-electron chi connectivity index (χ0n) is 11.7. The van der Waals surface area contributed by atoms with E-state index in [1.807, 2.05) is 0 Å². The zero-order chi connectivity index (χ0) is 13.4. The number of aromatic nitrogens is 2. The third kappa shape index (κ3) is 2.27. The number of nitrogens with zero attached hydrogens (tertiary/aromatic N) is 2. The lowest BCUT2D eigenvalue weighted by atomic mass is 9.86. The Bertz CT molecular complexity index is 588. The van der Waals surface area contributed by atoms with Gasteiger partial charge in [-0.3, -0.25) is 0 Å². The lowest BCUT2D eigenvalue weighted by Crippen LogP contribution is -2.19. The van der Waals surface area contributed by atoms with Gasteiger partial charge in [0.25, 0.3) is 0 Å². The lowest BCUT2D eigenvalue weighted by Gasteiger charge is -2.29. The summed E-state index contributed by atoms with van der Waals surface area (Å²) in [6, 6.07) is 6.92. The molecule has 102 valence electrons. The summed E-state index contributed by atoms with van der Waals surface area (Å²) >= 11 is 6.13. The SMILES string of the molecule is Cc1cccc2nc(CCl)n(C3CCCC(C)C3)c12. The van der Waals surface area contributed by atoms with E-state index >= 15 is 0 Å². The minimum absolute atomic E-state index is 0.499. The summed E-state index contributed by atoms with van der Waals surface area (Å²) in [5.74, 6) is 2.34. The van der Waals surface area contributed by atoms with Gasteiger partial charge in [-0.15, -0.1) is 11.6 Å². The average molecular weight is 277 g/mol. The summed E-state index contributed by atoms with van der Waals surface area (Å²) in [6.07, 6.45) is 5.19. The normalized spacial score (nSPS) is 23.9. The van der Waals surface area contributed by atoms with Crippen LogP contribution in [0.15, 0.2) is 18.2 Å². The summed E-state index contributed by atoms with van der Waals surface area (Å²) in [7, 11) is 0. The van der Waals surface area contributed by atoms with Crippen LogP contribution in [-0.4, -0.2) is 9.55 Å². The van der Waals surface area contributed by atoms with Crippen molar-refractivity contribution in [1.82, 2.24) is 9.55 Å². The maximum Gasteiger partial charge on any atom is 0.125 e. The van der Waals surface area contributed by atoms with Crippen LogP contribution in [0, 0.1) is 12.8 Å². The maximum absolute atomic E-state index is 6.13. The van der Waals surface area contributed by atoms with Gasteiger partial charge >= 0.3 is 0 Å². The van der Waals surface area contributed by atoms with Gasteiger partial charge < -0.3 is 4.57 Å². The fourth-order valence-corrected chi connectivity index (χ4v) is 3.68. The average Bonchev–Trinajstić information content (AvgIpc) is 2.78. The van der Waals surface area contributed by atoms with E-state index in [0.717, 1.165) is 17.3 Å². The second-order valence-electron chi connectivity index (χ2n) is 5.90. The van der Waals surface area contributed by atoms with E-state index in [2.05, 4.69) is 36.6 Å². The molecule has 0 radical (unpaired) electrons. The third-order valence-electron chi connectivity index (χ3n) is 4.38. The summed E-state index contributed by atoms with van der Waals surface area (Å²) in [4.78, 5) is 4.72. The van der Waals surface area contributed by atoms with Crippen LogP contribution in [0.25, 0.3) is 11.0 Å². The molecule has 19 heavy (non-hydrogen) atoms. The fourth-order valence-electron chi connectivity index (χ4n) is 3.49. The van der Waals surface area contributed by atoms with Crippen LogP contribution in [0.3, 0.4) is 0 Å². The van der Waals surface area contributed by atoms with Crippen LogP contribution in [-0.2, 0) is 5.88 Å². The highest BCUT2D eigenvalue weighted by Gasteiger charge is 2.24. The molecule has 2 nitrogen and oxygen atoms in total. The molecule has 0 N–H and O–H groups in total. The molecule has 2 aromatic rings. The Labute approximate surface area is 119 Å². The minimum atomic E-state index is 0.499. The van der Waals surface area contributed by atoms with E-state index in [1.165, 1.54) is 36.8 Å². The standard InChI is InChI=1S/C16H21ClN2/c1-11-5-3-7-13(9-11)19-15(10-17)18-14-8-4-6-12(2)16(14)19/h4,6,8,11,13H,3,5,7,9-10H2,1-2H3. The summed E-state index contributed by atoms with van der Waals surface area (Å²) in [5, 5.41) is 0. The molecule has 2 atom stereocenters. The number of para-hydroxylation sites is 1. The van der Waals surface area contributed by atoms with Gasteiger partial charge in [0.15, 0.2) is 0 Å². The van der Waals surface area contributed by atoms with Crippen LogP contribution in [0.5, 0.6) is 0 Å². The summed E-state index contributed by atoms with van der Waals surface area (Å²) in [5.41, 5.74) is 3.69. The van der Waals surface area contributed by atoms with Gasteiger partial charge in [0.1, 0.15) is 5.82 Å². The number of fused-ring (bicyclic) bond motifs is 1. The van der Waals surface area contributed by atoms with Crippen molar-refractivity contribution in [3.8, 4) is 0 Å². The number of alkyl halides is 1. The van der Waals surface area contributed by atoms with Crippen molar-refractivity contribution in [1.29, 1.82) is 0 Å². The molecule has 1 heterocycles. The Kier molecular flexibility index (Phi) is 3.53. The Balaban J connectivity index is 2.14. The van der Waals surface area contributed by atoms with Gasteiger partial charge in [0.2, 0.25) is 0 Å². The second kappa shape index (κ2) is 5.16. The Morgan fingerprint density at radius 1 is 1.37 bits per heavy atom. The number of halogens is 1. The highest BCUT2D eigenvalue weighted by Crippen LogP contribution is 2.36. The number of hydrogen-bond donors (Lipinski definition) is 0. The Morgan fingerprint density at radius 2 is 2.21 bits per heavy atom. The quantitative estimate of drug-likeness (QED) is 0.718. The Morgan fingerprint density at radius 3 is 2.95 bits per heavy atom. The molecule has 3 heteroatoms. The van der Waals surface area contributed by atoms with Crippen LogP contribution >= 0.6 is 11.6 Å². The van der Waals surface area contributed by atoms with E-state index in [1.54, 1.807) is 0 Å². The number of benzene rings is 1. The number of rotatable bonds is 2. The van der Waals surface area contributed by atoms with Crippen LogP contribution in [0.2, 0.25) is 0 Å². The van der Waals surface area contributed by atoms with Crippen LogP contribution in [0.1, 0.15) is 50.0 Å². The molecule has 1 aliphatic carbocycles. The van der Waals surface area contributed by atoms with Gasteiger partial charge in [-0.25, -0.2) is 4.98 Å². The first-order valence-electron chi connectivity index (χ1n) is 7.23. The van der Waals surface area contributed by atoms with E-state index in [4.69, 9.17) is 16.6 Å². The van der Waals surface area contributed by atoms with Gasteiger partial charge in [-0.05, 0) is 37.3 Å². The molecule has 1 saturated carbocycles. The summed E-state index contributed by atoms with van der Waals surface area (Å²) < 4.78 is 2.42. The molecular weight excluding hydrogens is 256 g/mol. The van der Waals surface area contributed by atoms with Gasteiger partial charge in [-0.2, -0.15) is 0 Å². The third-order valence-corrected chi connectivity index (χ3v) is 4.62. The van der Waals surface area contributed by atoms with Crippen molar-refractivity contribution in [2.45, 2.75) is 51.5 Å². The second-order valence-corrected chi connectivity index (χ2v) is 6.17. The smallest absolute Gasteiger partial charge is 0.125 e. The molecule has 3 rings (SSSR count). The van der Waals surface area contributed by atoms with Gasteiger partial charge in [0.05, 0.1) is 16.9 Å². The topological polar surface area (TPSA) is 17.8 Å². The first-order chi connectivity index (χ1) is 9.20. The van der Waals surface area contributed by atoms with Gasteiger partial charge in [-0.1, -0.05) is 31.9 Å². The van der Waals surface area contributed by atoms with E-state index < -0.39 is 0 Å². The van der Waals surface area contributed by atoms with Crippen molar-refractivity contribution in [2.75, 3.05) is 0 Å². The number of hydrogen-bond acceptors (Lipinski definition) is 1. The summed E-state index contributed by atoms with van der Waals surface area (Å²) in [6.45, 7) is 4.53. The molecule has 1 aromatic carbocycles. The van der Waals surface area contributed by atoms with Crippen LogP contribution < -0.4 is 0 Å². The van der Waals surface area contributed by atoms with Crippen molar-refractivity contribution in [2.24, 2.45) is 5.92 Å². The van der Waals surface area contributed by atoms with Crippen molar-refractivity contribution in [3.63, 3.8) is 0 Å². The predicted octanol–water partition coefficient (Wildman–Crippen LogP) is 4.83. The minimum Gasteiger partial charge on any atom is -0.324 e. The molecule has 2 unspecified atom stereocenters. The maximum atomic E-state index is 6.13. The Hall–Kier alpha value is -1.02. The highest BCUT2D eigenvalue weighted by molar-refractivity contribution is 6.16. The molecule has 0 saturated heterocycles. The molecular formula is C16H21ClN2. The molecule has 1 aliphatic rings. The number of imidazole rings is 1. The fraction of sp³-hybridized carbons (Fsp3) is 0.562. The molecule has 0 bridgehead atoms. The zero-order valence-corrected chi connectivity index (χ0v) is 12.5. The predicted molar refractivity (Wildman–Crippen MR) is 80.7 cm³/mol. The lowest BCUT2D eigenvalue weighted by molar-refractivity contribution is 0.283. The molecule has 0 spiro atoms. The van der Waals surface area contributed by atoms with E-state index in [0.29, 0.717) is 11.9 Å². The van der Waals surface area contributed by atoms with E-state index in [9.17, 15) is 0 Å². The first-order valence-corrected chi connectivity index (χ1v) is 7.76. The molecule has 1 fully saturated rings. The van der Waals surface area contributed by atoms with Crippen molar-refractivity contribution >= 4 is 22.6 Å². The molecule has 0 aliphatic heterocycles. The number of aryl methyl sites for hydroxylation is 1. The first kappa shape index (κ1) is 13.0. The van der Waals surface area contributed by atoms with E-state index in [-0.39, 0.29) is 0 Å². The molecule has 1 aromatic heterocycles. The van der Waals surface area contributed by atoms with Crippen LogP contribution in [0.4, 0.5) is 0 Å². The van der Waals surface area contributed by atoms with Crippen molar-refractivity contribution in [3.05, 3.63) is 29.6 Å². The highest BCUT2D eigenvalue weighted by atomic mass is 35.5. The monoisotopic (exact) mass is 276 g/mol. The largest absolute Gasteiger partial charge is 0.324 e. The van der Waals surface area contributed by atoms with Crippen molar-refractivity contribution < 1.29 is 0 Å².